The summed E-state index contributed by atoms with van der Waals surface area (Å²) in [6.45, 7) is 4.06. The third kappa shape index (κ3) is 1.33. The van der Waals surface area contributed by atoms with Gasteiger partial charge in [-0.1, -0.05) is 6.08 Å². The summed E-state index contributed by atoms with van der Waals surface area (Å²) in [7, 11) is 0. The molecule has 0 amide bonds. The Morgan fingerprint density at radius 3 is 3.21 bits per heavy atom. The first-order chi connectivity index (χ1) is 6.74. The van der Waals surface area contributed by atoms with Crippen LogP contribution in [0.2, 0.25) is 0 Å². The minimum Gasteiger partial charge on any atom is -0.490 e. The number of hydrogen-bond acceptors (Lipinski definition) is 3. The summed E-state index contributed by atoms with van der Waals surface area (Å²) in [4.78, 5) is 11.6. The highest BCUT2D eigenvalue weighted by atomic mass is 16.5. The average Bonchev–Trinajstić information content (AvgIpc) is 2.63. The lowest BCUT2D eigenvalue weighted by atomic mass is 9.96. The molecule has 2 rings (SSSR count). The molecule has 1 heterocycles. The van der Waals surface area contributed by atoms with Crippen molar-refractivity contribution in [3.63, 3.8) is 0 Å². The number of fused-ring (bicyclic) bond motifs is 1. The van der Waals surface area contributed by atoms with Gasteiger partial charge in [-0.05, 0) is 26.3 Å². The first kappa shape index (κ1) is 9.31. The van der Waals surface area contributed by atoms with E-state index in [9.17, 15) is 4.79 Å². The summed E-state index contributed by atoms with van der Waals surface area (Å²) in [6.07, 6.45) is 5.02. The van der Waals surface area contributed by atoms with Gasteiger partial charge in [0.1, 0.15) is 11.9 Å². The van der Waals surface area contributed by atoms with Crippen LogP contribution in [0.1, 0.15) is 20.3 Å². The maximum absolute atomic E-state index is 11.6. The molecule has 1 aliphatic carbocycles. The Bertz CT molecular complexity index is 314. The molecule has 3 heteroatoms. The molecule has 0 radical (unpaired) electrons. The van der Waals surface area contributed by atoms with Crippen LogP contribution in [0, 0.1) is 5.92 Å². The van der Waals surface area contributed by atoms with E-state index in [-0.39, 0.29) is 18.0 Å². The summed E-state index contributed by atoms with van der Waals surface area (Å²) in [5.41, 5.74) is 0.724. The number of allylic oxidation sites excluding steroid dienone is 2. The van der Waals surface area contributed by atoms with E-state index in [1.54, 1.807) is 0 Å². The average molecular weight is 194 g/mol. The molecular formula is C11H14O3. The standard InChI is InChI=1S/C11H14O3/c1-3-13-11(12)10-7(2)14-9-6-4-5-8(9)10/h4,6,8-9H,3,5H2,1-2H3. The van der Waals surface area contributed by atoms with Crippen molar-refractivity contribution >= 4 is 5.97 Å². The largest absolute Gasteiger partial charge is 0.490 e. The van der Waals surface area contributed by atoms with Gasteiger partial charge in [0.05, 0.1) is 12.2 Å². The summed E-state index contributed by atoms with van der Waals surface area (Å²) in [6, 6.07) is 0. The van der Waals surface area contributed by atoms with Crippen molar-refractivity contribution in [1.29, 1.82) is 0 Å². The van der Waals surface area contributed by atoms with Crippen LogP contribution in [0.5, 0.6) is 0 Å². The summed E-state index contributed by atoms with van der Waals surface area (Å²) in [5.74, 6) is 0.693. The van der Waals surface area contributed by atoms with Gasteiger partial charge in [-0.3, -0.25) is 0 Å². The van der Waals surface area contributed by atoms with Gasteiger partial charge in [-0.25, -0.2) is 4.79 Å². The van der Waals surface area contributed by atoms with E-state index in [0.717, 1.165) is 17.8 Å². The highest BCUT2D eigenvalue weighted by molar-refractivity contribution is 5.90. The van der Waals surface area contributed by atoms with Crippen LogP contribution in [-0.4, -0.2) is 18.7 Å². The van der Waals surface area contributed by atoms with Crippen molar-refractivity contribution in [1.82, 2.24) is 0 Å². The number of esters is 1. The second-order valence-electron chi connectivity index (χ2n) is 3.54. The topological polar surface area (TPSA) is 35.5 Å². The maximum Gasteiger partial charge on any atom is 0.337 e. The van der Waals surface area contributed by atoms with E-state index in [1.807, 2.05) is 19.9 Å². The van der Waals surface area contributed by atoms with E-state index < -0.39 is 0 Å². The van der Waals surface area contributed by atoms with Gasteiger partial charge in [0.2, 0.25) is 0 Å². The van der Waals surface area contributed by atoms with Crippen LogP contribution < -0.4 is 0 Å². The molecule has 0 spiro atoms. The van der Waals surface area contributed by atoms with E-state index >= 15 is 0 Å². The fourth-order valence-corrected chi connectivity index (χ4v) is 2.06. The molecule has 0 N–H and O–H groups in total. The molecule has 1 aliphatic heterocycles. The molecule has 0 bridgehead atoms. The normalized spacial score (nSPS) is 29.0. The molecule has 0 saturated carbocycles. The molecular weight excluding hydrogens is 180 g/mol. The van der Waals surface area contributed by atoms with Crippen molar-refractivity contribution < 1.29 is 14.3 Å². The Hall–Kier alpha value is -1.25. The second-order valence-corrected chi connectivity index (χ2v) is 3.54. The van der Waals surface area contributed by atoms with Crippen molar-refractivity contribution in [2.75, 3.05) is 6.61 Å². The number of hydrogen-bond donors (Lipinski definition) is 0. The fraction of sp³-hybridized carbons (Fsp3) is 0.545. The molecule has 0 aromatic heterocycles. The Labute approximate surface area is 83.4 Å². The highest BCUT2D eigenvalue weighted by Gasteiger charge is 2.39. The van der Waals surface area contributed by atoms with E-state index in [0.29, 0.717) is 6.61 Å². The lowest BCUT2D eigenvalue weighted by Crippen LogP contribution is -2.17. The Kier molecular flexibility index (Phi) is 2.32. The summed E-state index contributed by atoms with van der Waals surface area (Å²) in [5, 5.41) is 0. The molecule has 2 aliphatic rings. The van der Waals surface area contributed by atoms with Crippen LogP contribution in [0.4, 0.5) is 0 Å². The van der Waals surface area contributed by atoms with Gasteiger partial charge in [0.15, 0.2) is 0 Å². The minimum absolute atomic E-state index is 0.0643. The van der Waals surface area contributed by atoms with E-state index in [4.69, 9.17) is 9.47 Å². The zero-order valence-electron chi connectivity index (χ0n) is 8.45. The lowest BCUT2D eigenvalue weighted by molar-refractivity contribution is -0.139. The molecule has 0 aromatic carbocycles. The zero-order valence-corrected chi connectivity index (χ0v) is 8.45. The van der Waals surface area contributed by atoms with Crippen molar-refractivity contribution in [2.24, 2.45) is 5.92 Å². The number of carbonyl (C=O) groups excluding carboxylic acids is 1. The van der Waals surface area contributed by atoms with Crippen LogP contribution in [0.3, 0.4) is 0 Å². The fourth-order valence-electron chi connectivity index (χ4n) is 2.06. The summed E-state index contributed by atoms with van der Waals surface area (Å²) >= 11 is 0. The van der Waals surface area contributed by atoms with Crippen LogP contribution in [0.25, 0.3) is 0 Å². The van der Waals surface area contributed by atoms with E-state index in [1.165, 1.54) is 0 Å². The first-order valence-corrected chi connectivity index (χ1v) is 4.95. The number of rotatable bonds is 2. The van der Waals surface area contributed by atoms with Crippen LogP contribution in [-0.2, 0) is 14.3 Å². The van der Waals surface area contributed by atoms with Gasteiger partial charge in [0, 0.05) is 5.92 Å². The molecule has 0 saturated heterocycles. The molecule has 0 aromatic rings. The second kappa shape index (κ2) is 3.48. The molecule has 14 heavy (non-hydrogen) atoms. The maximum atomic E-state index is 11.6. The van der Waals surface area contributed by atoms with E-state index in [2.05, 4.69) is 6.08 Å². The zero-order chi connectivity index (χ0) is 10.1. The lowest BCUT2D eigenvalue weighted by Gasteiger charge is -2.10. The van der Waals surface area contributed by atoms with Crippen molar-refractivity contribution in [2.45, 2.75) is 26.4 Å². The predicted molar refractivity (Wildman–Crippen MR) is 51.5 cm³/mol. The number of ether oxygens (including phenoxy) is 2. The SMILES string of the molecule is CCOC(=O)C1=C(C)OC2C=CCC12. The van der Waals surface area contributed by atoms with Gasteiger partial charge in [0.25, 0.3) is 0 Å². The van der Waals surface area contributed by atoms with Crippen LogP contribution in [0.15, 0.2) is 23.5 Å². The summed E-state index contributed by atoms with van der Waals surface area (Å²) < 4.78 is 10.6. The monoisotopic (exact) mass is 194 g/mol. The molecule has 76 valence electrons. The Morgan fingerprint density at radius 2 is 2.50 bits per heavy atom. The van der Waals surface area contributed by atoms with Crippen molar-refractivity contribution in [3.05, 3.63) is 23.5 Å². The third-order valence-corrected chi connectivity index (χ3v) is 2.67. The molecule has 2 unspecified atom stereocenters. The van der Waals surface area contributed by atoms with Gasteiger partial charge in [-0.15, -0.1) is 0 Å². The first-order valence-electron chi connectivity index (χ1n) is 4.95. The van der Waals surface area contributed by atoms with Crippen LogP contribution >= 0.6 is 0 Å². The molecule has 2 atom stereocenters. The third-order valence-electron chi connectivity index (χ3n) is 2.67. The smallest absolute Gasteiger partial charge is 0.337 e. The Balaban J connectivity index is 2.17. The highest BCUT2D eigenvalue weighted by Crippen LogP contribution is 2.38. The predicted octanol–water partition coefficient (Wildman–Crippen LogP) is 1.80. The number of carbonyl (C=O) groups is 1. The quantitative estimate of drug-likeness (QED) is 0.496. The van der Waals surface area contributed by atoms with Gasteiger partial charge in [-0.2, -0.15) is 0 Å². The minimum atomic E-state index is -0.221. The molecule has 0 fully saturated rings. The molecule has 3 nitrogen and oxygen atoms in total. The van der Waals surface area contributed by atoms with Gasteiger partial charge < -0.3 is 9.47 Å². The van der Waals surface area contributed by atoms with Crippen molar-refractivity contribution in [3.8, 4) is 0 Å². The Morgan fingerprint density at radius 1 is 1.71 bits per heavy atom. The van der Waals surface area contributed by atoms with Gasteiger partial charge >= 0.3 is 5.97 Å².